The highest BCUT2D eigenvalue weighted by molar-refractivity contribution is 5.86. The fourth-order valence-corrected chi connectivity index (χ4v) is 3.74. The summed E-state index contributed by atoms with van der Waals surface area (Å²) in [5.41, 5.74) is 5.72. The van der Waals surface area contributed by atoms with Gasteiger partial charge in [0.15, 0.2) is 0 Å². The van der Waals surface area contributed by atoms with Crippen molar-refractivity contribution in [1.82, 2.24) is 10.2 Å². The van der Waals surface area contributed by atoms with Crippen LogP contribution in [0.5, 0.6) is 0 Å². The van der Waals surface area contributed by atoms with Crippen LogP contribution in [0.3, 0.4) is 0 Å². The standard InChI is InChI=1S/C16H31N3O/c1-13-7-6-8-16(17,11-13)15(20)18-14(2)12-19-9-4-3-5-10-19/h13-14H,3-12,17H2,1-2H3,(H,18,20). The van der Waals surface area contributed by atoms with Crippen molar-refractivity contribution >= 4 is 5.91 Å². The van der Waals surface area contributed by atoms with Gasteiger partial charge in [-0.3, -0.25) is 4.79 Å². The zero-order valence-corrected chi connectivity index (χ0v) is 13.2. The molecule has 1 saturated heterocycles. The van der Waals surface area contributed by atoms with Crippen molar-refractivity contribution in [3.05, 3.63) is 0 Å². The van der Waals surface area contributed by atoms with Crippen LogP contribution in [-0.4, -0.2) is 42.0 Å². The Kier molecular flexibility index (Phi) is 5.44. The average Bonchev–Trinajstić information content (AvgIpc) is 2.39. The summed E-state index contributed by atoms with van der Waals surface area (Å²) >= 11 is 0. The third kappa shape index (κ3) is 4.19. The summed E-state index contributed by atoms with van der Waals surface area (Å²) in [6.07, 6.45) is 7.87. The largest absolute Gasteiger partial charge is 0.351 e. The number of amides is 1. The lowest BCUT2D eigenvalue weighted by molar-refractivity contribution is -0.128. The van der Waals surface area contributed by atoms with Crippen molar-refractivity contribution in [3.8, 4) is 0 Å². The van der Waals surface area contributed by atoms with Gasteiger partial charge >= 0.3 is 0 Å². The molecule has 1 amide bonds. The number of carbonyl (C=O) groups excluding carboxylic acids is 1. The molecule has 2 rings (SSSR count). The van der Waals surface area contributed by atoms with Crippen LogP contribution >= 0.6 is 0 Å². The number of likely N-dealkylation sites (tertiary alicyclic amines) is 1. The molecule has 0 aromatic carbocycles. The van der Waals surface area contributed by atoms with Gasteiger partial charge in [0.25, 0.3) is 0 Å². The van der Waals surface area contributed by atoms with E-state index in [1.54, 1.807) is 0 Å². The van der Waals surface area contributed by atoms with Gasteiger partial charge in [0.1, 0.15) is 0 Å². The van der Waals surface area contributed by atoms with Gasteiger partial charge < -0.3 is 16.0 Å². The van der Waals surface area contributed by atoms with Crippen molar-refractivity contribution in [2.75, 3.05) is 19.6 Å². The first-order valence-electron chi connectivity index (χ1n) is 8.32. The molecule has 0 aromatic rings. The van der Waals surface area contributed by atoms with Crippen LogP contribution in [0.2, 0.25) is 0 Å². The van der Waals surface area contributed by atoms with Crippen molar-refractivity contribution in [3.63, 3.8) is 0 Å². The van der Waals surface area contributed by atoms with E-state index >= 15 is 0 Å². The van der Waals surface area contributed by atoms with Crippen molar-refractivity contribution in [2.24, 2.45) is 11.7 Å². The number of piperidine rings is 1. The summed E-state index contributed by atoms with van der Waals surface area (Å²) in [7, 11) is 0. The Bertz CT molecular complexity index is 328. The van der Waals surface area contributed by atoms with E-state index in [4.69, 9.17) is 5.73 Å². The lowest BCUT2D eigenvalue weighted by Gasteiger charge is -2.37. The summed E-state index contributed by atoms with van der Waals surface area (Å²) in [5.74, 6) is 0.630. The quantitative estimate of drug-likeness (QED) is 0.827. The number of nitrogens with two attached hydrogens (primary N) is 1. The molecule has 0 bridgehead atoms. The van der Waals surface area contributed by atoms with E-state index in [0.717, 1.165) is 25.8 Å². The molecule has 1 saturated carbocycles. The third-order valence-corrected chi connectivity index (χ3v) is 4.84. The first-order valence-corrected chi connectivity index (χ1v) is 8.32. The minimum atomic E-state index is -0.631. The van der Waals surface area contributed by atoms with E-state index in [-0.39, 0.29) is 11.9 Å². The van der Waals surface area contributed by atoms with Crippen LogP contribution in [0, 0.1) is 5.92 Å². The molecule has 2 aliphatic rings. The van der Waals surface area contributed by atoms with Gasteiger partial charge in [-0.05, 0) is 51.6 Å². The predicted octanol–water partition coefficient (Wildman–Crippen LogP) is 1.88. The fourth-order valence-electron chi connectivity index (χ4n) is 3.74. The van der Waals surface area contributed by atoms with Crippen LogP contribution in [0.4, 0.5) is 0 Å². The minimum Gasteiger partial charge on any atom is -0.351 e. The number of carbonyl (C=O) groups is 1. The van der Waals surface area contributed by atoms with Crippen LogP contribution in [0.25, 0.3) is 0 Å². The summed E-state index contributed by atoms with van der Waals surface area (Å²) in [5, 5.41) is 3.15. The van der Waals surface area contributed by atoms with E-state index in [9.17, 15) is 4.79 Å². The van der Waals surface area contributed by atoms with Crippen LogP contribution in [-0.2, 0) is 4.79 Å². The summed E-state index contributed by atoms with van der Waals surface area (Å²) in [6, 6.07) is 0.193. The van der Waals surface area contributed by atoms with Crippen molar-refractivity contribution < 1.29 is 4.79 Å². The normalized spacial score (nSPS) is 33.6. The maximum Gasteiger partial charge on any atom is 0.240 e. The van der Waals surface area contributed by atoms with E-state index in [1.165, 1.54) is 38.8 Å². The zero-order valence-electron chi connectivity index (χ0n) is 13.2. The summed E-state index contributed by atoms with van der Waals surface area (Å²) in [6.45, 7) is 7.60. The highest BCUT2D eigenvalue weighted by Crippen LogP contribution is 2.30. The molecule has 0 aromatic heterocycles. The molecule has 0 spiro atoms. The van der Waals surface area contributed by atoms with Gasteiger partial charge in [-0.1, -0.05) is 26.2 Å². The molecule has 20 heavy (non-hydrogen) atoms. The first kappa shape index (κ1) is 15.8. The van der Waals surface area contributed by atoms with Gasteiger partial charge in [-0.15, -0.1) is 0 Å². The number of nitrogens with zero attached hydrogens (tertiary/aromatic N) is 1. The van der Waals surface area contributed by atoms with Gasteiger partial charge in [0, 0.05) is 12.6 Å². The zero-order chi connectivity index (χ0) is 14.6. The first-order chi connectivity index (χ1) is 9.49. The monoisotopic (exact) mass is 281 g/mol. The third-order valence-electron chi connectivity index (χ3n) is 4.84. The lowest BCUT2D eigenvalue weighted by Crippen LogP contribution is -2.59. The highest BCUT2D eigenvalue weighted by Gasteiger charge is 2.38. The Morgan fingerprint density at radius 3 is 2.70 bits per heavy atom. The van der Waals surface area contributed by atoms with Gasteiger partial charge in [-0.25, -0.2) is 0 Å². The molecular weight excluding hydrogens is 250 g/mol. The van der Waals surface area contributed by atoms with Crippen LogP contribution < -0.4 is 11.1 Å². The Hall–Kier alpha value is -0.610. The number of hydrogen-bond acceptors (Lipinski definition) is 3. The van der Waals surface area contributed by atoms with Gasteiger partial charge in [0.2, 0.25) is 5.91 Å². The molecule has 3 N–H and O–H groups in total. The fraction of sp³-hybridized carbons (Fsp3) is 0.938. The van der Waals surface area contributed by atoms with Gasteiger partial charge in [-0.2, -0.15) is 0 Å². The van der Waals surface area contributed by atoms with E-state index in [1.807, 2.05) is 0 Å². The predicted molar refractivity (Wildman–Crippen MR) is 82.4 cm³/mol. The number of rotatable bonds is 4. The molecule has 4 nitrogen and oxygen atoms in total. The van der Waals surface area contributed by atoms with E-state index < -0.39 is 5.54 Å². The second-order valence-electron chi connectivity index (χ2n) is 7.09. The van der Waals surface area contributed by atoms with Crippen molar-refractivity contribution in [1.29, 1.82) is 0 Å². The van der Waals surface area contributed by atoms with Crippen molar-refractivity contribution in [2.45, 2.75) is 70.4 Å². The molecule has 2 fully saturated rings. The van der Waals surface area contributed by atoms with Gasteiger partial charge in [0.05, 0.1) is 5.54 Å². The Balaban J connectivity index is 1.80. The van der Waals surface area contributed by atoms with E-state index in [2.05, 4.69) is 24.1 Å². The lowest BCUT2D eigenvalue weighted by atomic mass is 9.76. The number of nitrogens with one attached hydrogen (secondary N) is 1. The molecule has 0 radical (unpaired) electrons. The molecule has 1 heterocycles. The second-order valence-corrected chi connectivity index (χ2v) is 7.09. The van der Waals surface area contributed by atoms with Crippen LogP contribution in [0.15, 0.2) is 0 Å². The molecule has 3 unspecified atom stereocenters. The highest BCUT2D eigenvalue weighted by atomic mass is 16.2. The molecule has 1 aliphatic heterocycles. The Morgan fingerprint density at radius 1 is 1.35 bits per heavy atom. The maximum absolute atomic E-state index is 12.5. The maximum atomic E-state index is 12.5. The second kappa shape index (κ2) is 6.90. The topological polar surface area (TPSA) is 58.4 Å². The molecular formula is C16H31N3O. The Morgan fingerprint density at radius 2 is 2.05 bits per heavy atom. The molecule has 1 aliphatic carbocycles. The Labute approximate surface area is 123 Å². The molecule has 116 valence electrons. The average molecular weight is 281 g/mol. The minimum absolute atomic E-state index is 0.0635. The van der Waals surface area contributed by atoms with Crippen LogP contribution in [0.1, 0.15) is 58.8 Å². The molecule has 3 atom stereocenters. The number of hydrogen-bond donors (Lipinski definition) is 2. The SMILES string of the molecule is CC1CCCC(N)(C(=O)NC(C)CN2CCCCC2)C1. The summed E-state index contributed by atoms with van der Waals surface area (Å²) < 4.78 is 0. The summed E-state index contributed by atoms with van der Waals surface area (Å²) in [4.78, 5) is 14.9. The smallest absolute Gasteiger partial charge is 0.240 e. The molecule has 4 heteroatoms. The van der Waals surface area contributed by atoms with E-state index in [0.29, 0.717) is 5.92 Å².